The molecule has 2 aliphatic rings. The van der Waals surface area contributed by atoms with Crippen molar-refractivity contribution in [2.75, 3.05) is 0 Å². The zero-order valence-electron chi connectivity index (χ0n) is 6.51. The summed E-state index contributed by atoms with van der Waals surface area (Å²) in [5.41, 5.74) is 6.33. The van der Waals surface area contributed by atoms with Gasteiger partial charge in [0, 0.05) is 11.5 Å². The summed E-state index contributed by atoms with van der Waals surface area (Å²) >= 11 is 0. The number of hydrogen-bond acceptors (Lipinski definition) is 1. The van der Waals surface area contributed by atoms with E-state index in [2.05, 4.69) is 19.1 Å². The molecule has 1 fully saturated rings. The maximum Gasteiger partial charge on any atom is 0.0102 e. The molecule has 0 amide bonds. The summed E-state index contributed by atoms with van der Waals surface area (Å²) in [5, 5.41) is 0. The van der Waals surface area contributed by atoms with E-state index in [1.54, 1.807) is 0 Å². The van der Waals surface area contributed by atoms with Gasteiger partial charge < -0.3 is 5.73 Å². The van der Waals surface area contributed by atoms with Gasteiger partial charge in [0.25, 0.3) is 0 Å². The SMILES string of the molecule is CC(N)C12C=CC(CC1)C2. The molecule has 0 radical (unpaired) electrons. The molecular weight excluding hydrogens is 122 g/mol. The molecule has 56 valence electrons. The van der Waals surface area contributed by atoms with E-state index >= 15 is 0 Å². The first-order chi connectivity index (χ1) is 4.73. The van der Waals surface area contributed by atoms with Crippen LogP contribution in [0.15, 0.2) is 12.2 Å². The fourth-order valence-corrected chi connectivity index (χ4v) is 2.36. The normalized spacial score (nSPS) is 46.4. The van der Waals surface area contributed by atoms with Crippen molar-refractivity contribution in [1.82, 2.24) is 0 Å². The minimum atomic E-state index is 0.358. The van der Waals surface area contributed by atoms with Gasteiger partial charge in [0.15, 0.2) is 0 Å². The standard InChI is InChI=1S/C9H15N/c1-7(10)9-4-2-8(6-9)3-5-9/h2,4,7-8H,3,5-6,10H2,1H3. The maximum absolute atomic E-state index is 5.92. The molecule has 2 rings (SSSR count). The lowest BCUT2D eigenvalue weighted by atomic mass is 9.81. The van der Waals surface area contributed by atoms with E-state index in [4.69, 9.17) is 5.73 Å². The van der Waals surface area contributed by atoms with Crippen LogP contribution in [0.25, 0.3) is 0 Å². The minimum absolute atomic E-state index is 0.358. The Morgan fingerprint density at radius 1 is 1.70 bits per heavy atom. The number of fused-ring (bicyclic) bond motifs is 2. The topological polar surface area (TPSA) is 26.0 Å². The average molecular weight is 137 g/mol. The molecule has 0 saturated heterocycles. The monoisotopic (exact) mass is 137 g/mol. The third kappa shape index (κ3) is 0.671. The van der Waals surface area contributed by atoms with Crippen LogP contribution >= 0.6 is 0 Å². The van der Waals surface area contributed by atoms with Crippen LogP contribution in [0.1, 0.15) is 26.2 Å². The van der Waals surface area contributed by atoms with E-state index in [0.717, 1.165) is 5.92 Å². The Bertz CT molecular complexity index is 172. The van der Waals surface area contributed by atoms with Crippen LogP contribution in [0.5, 0.6) is 0 Å². The predicted molar refractivity (Wildman–Crippen MR) is 42.6 cm³/mol. The second-order valence-electron chi connectivity index (χ2n) is 3.88. The van der Waals surface area contributed by atoms with Crippen molar-refractivity contribution in [3.63, 3.8) is 0 Å². The van der Waals surface area contributed by atoms with Crippen LogP contribution in [0.4, 0.5) is 0 Å². The Hall–Kier alpha value is -0.300. The molecule has 0 aromatic carbocycles. The lowest BCUT2D eigenvalue weighted by Crippen LogP contribution is -2.34. The first kappa shape index (κ1) is 6.41. The maximum atomic E-state index is 5.92. The summed E-state index contributed by atoms with van der Waals surface area (Å²) in [5.74, 6) is 0.867. The Kier molecular flexibility index (Phi) is 1.19. The van der Waals surface area contributed by atoms with Crippen LogP contribution < -0.4 is 5.73 Å². The predicted octanol–water partition coefficient (Wildman–Crippen LogP) is 1.69. The fourth-order valence-electron chi connectivity index (χ4n) is 2.36. The summed E-state index contributed by atoms with van der Waals surface area (Å²) in [4.78, 5) is 0. The largest absolute Gasteiger partial charge is 0.327 e. The highest BCUT2D eigenvalue weighted by atomic mass is 14.7. The number of hydrogen-bond donors (Lipinski definition) is 1. The molecule has 2 N–H and O–H groups in total. The van der Waals surface area contributed by atoms with E-state index in [-0.39, 0.29) is 0 Å². The second-order valence-corrected chi connectivity index (χ2v) is 3.88. The molecule has 1 heteroatoms. The number of allylic oxidation sites excluding steroid dienone is 1. The number of rotatable bonds is 1. The molecule has 0 aromatic rings. The van der Waals surface area contributed by atoms with Gasteiger partial charge in [0.2, 0.25) is 0 Å². The fraction of sp³-hybridized carbons (Fsp3) is 0.778. The van der Waals surface area contributed by atoms with Crippen molar-refractivity contribution >= 4 is 0 Å². The van der Waals surface area contributed by atoms with Gasteiger partial charge >= 0.3 is 0 Å². The molecule has 1 nitrogen and oxygen atoms in total. The summed E-state index contributed by atoms with van der Waals surface area (Å²) in [6.07, 6.45) is 8.73. The molecule has 2 aliphatic carbocycles. The molecule has 2 bridgehead atoms. The molecule has 0 aromatic heterocycles. The van der Waals surface area contributed by atoms with Crippen molar-refractivity contribution in [1.29, 1.82) is 0 Å². The molecule has 0 heterocycles. The van der Waals surface area contributed by atoms with Crippen LogP contribution in [0.2, 0.25) is 0 Å². The van der Waals surface area contributed by atoms with Crippen LogP contribution in [0, 0.1) is 11.3 Å². The minimum Gasteiger partial charge on any atom is -0.327 e. The van der Waals surface area contributed by atoms with Crippen LogP contribution in [0.3, 0.4) is 0 Å². The van der Waals surface area contributed by atoms with E-state index < -0.39 is 0 Å². The highest BCUT2D eigenvalue weighted by Gasteiger charge is 2.42. The highest BCUT2D eigenvalue weighted by molar-refractivity contribution is 5.18. The van der Waals surface area contributed by atoms with Crippen molar-refractivity contribution in [3.05, 3.63) is 12.2 Å². The van der Waals surface area contributed by atoms with Gasteiger partial charge in [-0.2, -0.15) is 0 Å². The Balaban J connectivity index is 2.24. The van der Waals surface area contributed by atoms with Gasteiger partial charge in [-0.1, -0.05) is 12.2 Å². The van der Waals surface area contributed by atoms with Gasteiger partial charge in [0.1, 0.15) is 0 Å². The summed E-state index contributed by atoms with van der Waals surface area (Å²) in [6, 6.07) is 0.358. The Morgan fingerprint density at radius 2 is 2.50 bits per heavy atom. The van der Waals surface area contributed by atoms with Gasteiger partial charge in [-0.3, -0.25) is 0 Å². The second kappa shape index (κ2) is 1.85. The summed E-state index contributed by atoms with van der Waals surface area (Å²) < 4.78 is 0. The van der Waals surface area contributed by atoms with Crippen molar-refractivity contribution in [2.24, 2.45) is 17.1 Å². The molecular formula is C9H15N. The Labute approximate surface area is 62.3 Å². The van der Waals surface area contributed by atoms with E-state index in [1.807, 2.05) is 0 Å². The zero-order chi connectivity index (χ0) is 7.19. The number of nitrogens with two attached hydrogens (primary N) is 1. The lowest BCUT2D eigenvalue weighted by Gasteiger charge is -2.27. The summed E-state index contributed by atoms with van der Waals surface area (Å²) in [7, 11) is 0. The van der Waals surface area contributed by atoms with Crippen molar-refractivity contribution in [2.45, 2.75) is 32.2 Å². The zero-order valence-corrected chi connectivity index (χ0v) is 6.51. The molecule has 3 atom stereocenters. The molecule has 3 unspecified atom stereocenters. The highest BCUT2D eigenvalue weighted by Crippen LogP contribution is 2.50. The first-order valence-corrected chi connectivity index (χ1v) is 4.18. The third-order valence-electron chi connectivity index (χ3n) is 3.23. The van der Waals surface area contributed by atoms with Crippen LogP contribution in [-0.2, 0) is 0 Å². The van der Waals surface area contributed by atoms with E-state index in [0.29, 0.717) is 11.5 Å². The van der Waals surface area contributed by atoms with Gasteiger partial charge in [0.05, 0.1) is 0 Å². The van der Waals surface area contributed by atoms with Gasteiger partial charge in [-0.05, 0) is 32.1 Å². The molecule has 1 saturated carbocycles. The quantitative estimate of drug-likeness (QED) is 0.547. The van der Waals surface area contributed by atoms with E-state index in [9.17, 15) is 0 Å². The third-order valence-corrected chi connectivity index (χ3v) is 3.23. The Morgan fingerprint density at radius 3 is 2.70 bits per heavy atom. The molecule has 0 aliphatic heterocycles. The van der Waals surface area contributed by atoms with Crippen LogP contribution in [-0.4, -0.2) is 6.04 Å². The van der Waals surface area contributed by atoms with Gasteiger partial charge in [-0.25, -0.2) is 0 Å². The van der Waals surface area contributed by atoms with Crippen molar-refractivity contribution in [3.8, 4) is 0 Å². The smallest absolute Gasteiger partial charge is 0.0102 e. The van der Waals surface area contributed by atoms with Gasteiger partial charge in [-0.15, -0.1) is 0 Å². The lowest BCUT2D eigenvalue weighted by molar-refractivity contribution is 0.334. The average Bonchev–Trinajstić information content (AvgIpc) is 2.45. The molecule has 0 spiro atoms. The van der Waals surface area contributed by atoms with E-state index in [1.165, 1.54) is 19.3 Å². The van der Waals surface area contributed by atoms with Crippen molar-refractivity contribution < 1.29 is 0 Å². The molecule has 10 heavy (non-hydrogen) atoms. The summed E-state index contributed by atoms with van der Waals surface area (Å²) in [6.45, 7) is 2.14. The first-order valence-electron chi connectivity index (χ1n) is 4.18.